The third-order valence-corrected chi connectivity index (χ3v) is 1.97. The van der Waals surface area contributed by atoms with E-state index in [9.17, 15) is 0 Å². The van der Waals surface area contributed by atoms with Crippen LogP contribution in [0.2, 0.25) is 0 Å². The number of hydrogen-bond acceptors (Lipinski definition) is 2. The molecule has 1 rings (SSSR count). The third-order valence-electron chi connectivity index (χ3n) is 1.97. The molecule has 0 saturated carbocycles. The smallest absolute Gasteiger partial charge is 0.120 e. The zero-order chi connectivity index (χ0) is 9.52. The van der Waals surface area contributed by atoms with Crippen molar-refractivity contribution >= 4 is 0 Å². The molecule has 2 nitrogen and oxygen atoms in total. The fourth-order valence-electron chi connectivity index (χ4n) is 1.19. The van der Waals surface area contributed by atoms with Crippen LogP contribution in [0.25, 0.3) is 0 Å². The molecule has 0 aliphatic carbocycles. The highest BCUT2D eigenvalue weighted by atomic mass is 16.3. The van der Waals surface area contributed by atoms with Gasteiger partial charge >= 0.3 is 0 Å². The van der Waals surface area contributed by atoms with Crippen molar-refractivity contribution in [3.8, 4) is 0 Å². The lowest BCUT2D eigenvalue weighted by Gasteiger charge is -2.09. The number of nitrogens with one attached hydrogen (secondary N) is 1. The molecule has 1 aromatic heterocycles. The first kappa shape index (κ1) is 10.1. The van der Waals surface area contributed by atoms with Crippen LogP contribution in [0.1, 0.15) is 32.1 Å². The first-order valence-electron chi connectivity index (χ1n) is 4.72. The highest BCUT2D eigenvalue weighted by Crippen LogP contribution is 2.11. The summed E-state index contributed by atoms with van der Waals surface area (Å²) in [5.74, 6) is 1.00. The second-order valence-electron chi connectivity index (χ2n) is 3.05. The Balaban J connectivity index is 2.22. The summed E-state index contributed by atoms with van der Waals surface area (Å²) in [4.78, 5) is 0. The molecule has 0 spiro atoms. The van der Waals surface area contributed by atoms with Crippen molar-refractivity contribution < 1.29 is 4.42 Å². The SMILES string of the molecule is C/C=C/CCNC(C)c1ccco1. The summed E-state index contributed by atoms with van der Waals surface area (Å²) < 4.78 is 5.27. The summed E-state index contributed by atoms with van der Waals surface area (Å²) in [5, 5.41) is 3.37. The second-order valence-corrected chi connectivity index (χ2v) is 3.05. The number of hydrogen-bond donors (Lipinski definition) is 1. The standard InChI is InChI=1S/C11H17NO/c1-3-4-5-8-12-10(2)11-7-6-9-13-11/h3-4,6-7,9-10,12H,5,8H2,1-2H3/b4-3+. The van der Waals surface area contributed by atoms with Crippen molar-refractivity contribution in [2.24, 2.45) is 0 Å². The molecular weight excluding hydrogens is 162 g/mol. The topological polar surface area (TPSA) is 25.2 Å². The number of rotatable bonds is 5. The zero-order valence-corrected chi connectivity index (χ0v) is 8.29. The molecule has 1 aromatic rings. The van der Waals surface area contributed by atoms with Crippen molar-refractivity contribution in [3.05, 3.63) is 36.3 Å². The Kier molecular flexibility index (Phi) is 4.33. The molecule has 0 aromatic carbocycles. The zero-order valence-electron chi connectivity index (χ0n) is 8.29. The van der Waals surface area contributed by atoms with Crippen LogP contribution >= 0.6 is 0 Å². The van der Waals surface area contributed by atoms with Gasteiger partial charge in [-0.15, -0.1) is 0 Å². The van der Waals surface area contributed by atoms with Crippen LogP contribution in [0, 0.1) is 0 Å². The van der Waals surface area contributed by atoms with Crippen LogP contribution in [-0.4, -0.2) is 6.54 Å². The van der Waals surface area contributed by atoms with Crippen LogP contribution in [0.15, 0.2) is 35.0 Å². The van der Waals surface area contributed by atoms with Crippen LogP contribution in [0.5, 0.6) is 0 Å². The van der Waals surface area contributed by atoms with Gasteiger partial charge in [0.15, 0.2) is 0 Å². The average Bonchev–Trinajstić information content (AvgIpc) is 2.65. The summed E-state index contributed by atoms with van der Waals surface area (Å²) in [6, 6.07) is 4.22. The van der Waals surface area contributed by atoms with Gasteiger partial charge in [-0.1, -0.05) is 12.2 Å². The van der Waals surface area contributed by atoms with Gasteiger partial charge in [0.2, 0.25) is 0 Å². The molecule has 1 N–H and O–H groups in total. The molecular formula is C11H17NO. The fraction of sp³-hybridized carbons (Fsp3) is 0.455. The summed E-state index contributed by atoms with van der Waals surface area (Å²) >= 11 is 0. The Hall–Kier alpha value is -1.02. The van der Waals surface area contributed by atoms with Crippen molar-refractivity contribution in [1.82, 2.24) is 5.32 Å². The fourth-order valence-corrected chi connectivity index (χ4v) is 1.19. The first-order valence-corrected chi connectivity index (χ1v) is 4.72. The lowest BCUT2D eigenvalue weighted by Crippen LogP contribution is -2.18. The van der Waals surface area contributed by atoms with Gasteiger partial charge < -0.3 is 9.73 Å². The van der Waals surface area contributed by atoms with Gasteiger partial charge in [0.05, 0.1) is 12.3 Å². The van der Waals surface area contributed by atoms with Crippen molar-refractivity contribution in [1.29, 1.82) is 0 Å². The van der Waals surface area contributed by atoms with Gasteiger partial charge in [0.25, 0.3) is 0 Å². The molecule has 13 heavy (non-hydrogen) atoms. The Morgan fingerprint density at radius 2 is 2.46 bits per heavy atom. The molecule has 0 bridgehead atoms. The molecule has 2 heteroatoms. The van der Waals surface area contributed by atoms with E-state index in [2.05, 4.69) is 24.4 Å². The normalized spacial score (nSPS) is 13.7. The van der Waals surface area contributed by atoms with E-state index in [-0.39, 0.29) is 0 Å². The quantitative estimate of drug-likeness (QED) is 0.555. The largest absolute Gasteiger partial charge is 0.468 e. The van der Waals surface area contributed by atoms with Crippen molar-refractivity contribution in [3.63, 3.8) is 0 Å². The molecule has 0 saturated heterocycles. The molecule has 1 atom stereocenters. The van der Waals surface area contributed by atoms with E-state index in [0.717, 1.165) is 18.7 Å². The van der Waals surface area contributed by atoms with E-state index >= 15 is 0 Å². The van der Waals surface area contributed by atoms with E-state index < -0.39 is 0 Å². The van der Waals surface area contributed by atoms with E-state index in [1.807, 2.05) is 19.1 Å². The lowest BCUT2D eigenvalue weighted by molar-refractivity contribution is 0.433. The highest BCUT2D eigenvalue weighted by Gasteiger charge is 2.05. The van der Waals surface area contributed by atoms with Gasteiger partial charge in [0.1, 0.15) is 5.76 Å². The molecule has 0 aliphatic heterocycles. The van der Waals surface area contributed by atoms with Gasteiger partial charge in [-0.05, 0) is 38.9 Å². The summed E-state index contributed by atoms with van der Waals surface area (Å²) in [5.41, 5.74) is 0. The monoisotopic (exact) mass is 179 g/mol. The van der Waals surface area contributed by atoms with Crippen LogP contribution in [0.3, 0.4) is 0 Å². The molecule has 0 amide bonds. The summed E-state index contributed by atoms with van der Waals surface area (Å²) in [6.07, 6.45) is 7.00. The Morgan fingerprint density at radius 3 is 3.08 bits per heavy atom. The molecule has 72 valence electrons. The minimum atomic E-state index is 0.306. The maximum atomic E-state index is 5.27. The van der Waals surface area contributed by atoms with Crippen LogP contribution in [0.4, 0.5) is 0 Å². The molecule has 0 fully saturated rings. The van der Waals surface area contributed by atoms with Gasteiger partial charge in [0, 0.05) is 0 Å². The van der Waals surface area contributed by atoms with Crippen molar-refractivity contribution in [2.75, 3.05) is 6.54 Å². The average molecular weight is 179 g/mol. The Bertz CT molecular complexity index is 239. The highest BCUT2D eigenvalue weighted by molar-refractivity contribution is 5.02. The molecule has 0 aliphatic rings. The Labute approximate surface area is 79.6 Å². The predicted octanol–water partition coefficient (Wildman–Crippen LogP) is 2.90. The second kappa shape index (κ2) is 5.60. The van der Waals surface area contributed by atoms with E-state index in [1.165, 1.54) is 0 Å². The molecule has 0 radical (unpaired) electrons. The number of furan rings is 1. The van der Waals surface area contributed by atoms with E-state index in [4.69, 9.17) is 4.42 Å². The lowest BCUT2D eigenvalue weighted by atomic mass is 10.2. The van der Waals surface area contributed by atoms with Gasteiger partial charge in [-0.2, -0.15) is 0 Å². The van der Waals surface area contributed by atoms with Gasteiger partial charge in [-0.25, -0.2) is 0 Å². The van der Waals surface area contributed by atoms with E-state index in [1.54, 1.807) is 6.26 Å². The van der Waals surface area contributed by atoms with Gasteiger partial charge in [-0.3, -0.25) is 0 Å². The Morgan fingerprint density at radius 1 is 1.62 bits per heavy atom. The summed E-state index contributed by atoms with van der Waals surface area (Å²) in [7, 11) is 0. The number of allylic oxidation sites excluding steroid dienone is 1. The maximum absolute atomic E-state index is 5.27. The minimum absolute atomic E-state index is 0.306. The molecule has 1 heterocycles. The minimum Gasteiger partial charge on any atom is -0.468 e. The van der Waals surface area contributed by atoms with Crippen LogP contribution < -0.4 is 5.32 Å². The maximum Gasteiger partial charge on any atom is 0.120 e. The van der Waals surface area contributed by atoms with E-state index in [0.29, 0.717) is 6.04 Å². The van der Waals surface area contributed by atoms with Crippen LogP contribution in [-0.2, 0) is 0 Å². The third kappa shape index (κ3) is 3.47. The molecule has 1 unspecified atom stereocenters. The van der Waals surface area contributed by atoms with Crippen molar-refractivity contribution in [2.45, 2.75) is 26.3 Å². The first-order chi connectivity index (χ1) is 6.34. The predicted molar refractivity (Wildman–Crippen MR) is 54.6 cm³/mol. The summed E-state index contributed by atoms with van der Waals surface area (Å²) in [6.45, 7) is 5.14.